The molecule has 0 atom stereocenters. The Balaban J connectivity index is 1.75. The van der Waals surface area contributed by atoms with Gasteiger partial charge in [-0.15, -0.1) is 13.2 Å². The van der Waals surface area contributed by atoms with Gasteiger partial charge in [0, 0.05) is 17.6 Å². The number of fused-ring (bicyclic) bond motifs is 1. The topological polar surface area (TPSA) is 55.6 Å². The number of carbonyl (C=O) groups excluding carboxylic acids is 1. The zero-order valence-electron chi connectivity index (χ0n) is 12.5. The van der Waals surface area contributed by atoms with Crippen LogP contribution in [0.5, 0.6) is 5.75 Å². The molecule has 2 aromatic heterocycles. The summed E-state index contributed by atoms with van der Waals surface area (Å²) in [6.45, 7) is 1.88. The molecule has 3 aromatic rings. The molecule has 0 radical (unpaired) electrons. The molecule has 1 aromatic carbocycles. The minimum atomic E-state index is -4.75. The van der Waals surface area contributed by atoms with Crippen LogP contribution < -0.4 is 10.1 Å². The van der Waals surface area contributed by atoms with Gasteiger partial charge in [0.05, 0.1) is 0 Å². The van der Waals surface area contributed by atoms with Crippen LogP contribution >= 0.6 is 0 Å². The number of ether oxygens (including phenoxy) is 1. The lowest BCUT2D eigenvalue weighted by Crippen LogP contribution is -2.17. The number of benzene rings is 1. The SMILES string of the molecule is Cc1cccc2nc(C(=O)Nc3ccc(OC(F)(F)F)cc3)cn12. The van der Waals surface area contributed by atoms with Crippen molar-refractivity contribution >= 4 is 17.2 Å². The molecule has 0 spiro atoms. The van der Waals surface area contributed by atoms with Crippen LogP contribution in [0.25, 0.3) is 5.65 Å². The van der Waals surface area contributed by atoms with E-state index in [0.717, 1.165) is 17.8 Å². The average Bonchev–Trinajstić information content (AvgIpc) is 2.93. The second-order valence-electron chi connectivity index (χ2n) is 5.05. The van der Waals surface area contributed by atoms with Gasteiger partial charge < -0.3 is 14.5 Å². The van der Waals surface area contributed by atoms with Gasteiger partial charge in [0.15, 0.2) is 0 Å². The van der Waals surface area contributed by atoms with E-state index in [0.29, 0.717) is 11.3 Å². The van der Waals surface area contributed by atoms with Crippen molar-refractivity contribution in [1.82, 2.24) is 9.38 Å². The van der Waals surface area contributed by atoms with E-state index in [1.165, 1.54) is 12.1 Å². The number of rotatable bonds is 3. The third kappa shape index (κ3) is 3.48. The van der Waals surface area contributed by atoms with Crippen LogP contribution in [0.2, 0.25) is 0 Å². The molecule has 0 aliphatic heterocycles. The Kier molecular flexibility index (Phi) is 3.88. The van der Waals surface area contributed by atoms with E-state index in [9.17, 15) is 18.0 Å². The molecule has 124 valence electrons. The number of hydrogen-bond acceptors (Lipinski definition) is 3. The molecule has 5 nitrogen and oxygen atoms in total. The molecule has 0 fully saturated rings. The van der Waals surface area contributed by atoms with E-state index in [-0.39, 0.29) is 11.4 Å². The number of aromatic nitrogens is 2. The van der Waals surface area contributed by atoms with Crippen LogP contribution in [0.4, 0.5) is 18.9 Å². The summed E-state index contributed by atoms with van der Waals surface area (Å²) in [5, 5.41) is 2.58. The normalized spacial score (nSPS) is 11.5. The minimum Gasteiger partial charge on any atom is -0.406 e. The van der Waals surface area contributed by atoms with Gasteiger partial charge in [-0.25, -0.2) is 4.98 Å². The molecule has 0 unspecified atom stereocenters. The number of hydrogen-bond donors (Lipinski definition) is 1. The first-order chi connectivity index (χ1) is 11.3. The van der Waals surface area contributed by atoms with Crippen molar-refractivity contribution in [3.05, 3.63) is 60.0 Å². The molecular weight excluding hydrogens is 323 g/mol. The fourth-order valence-corrected chi connectivity index (χ4v) is 2.19. The van der Waals surface area contributed by atoms with Crippen molar-refractivity contribution in [2.24, 2.45) is 0 Å². The van der Waals surface area contributed by atoms with Crippen molar-refractivity contribution in [2.75, 3.05) is 5.32 Å². The maximum absolute atomic E-state index is 12.2. The molecule has 0 aliphatic carbocycles. The van der Waals surface area contributed by atoms with Gasteiger partial charge >= 0.3 is 6.36 Å². The lowest BCUT2D eigenvalue weighted by molar-refractivity contribution is -0.274. The van der Waals surface area contributed by atoms with Gasteiger partial charge in [0.25, 0.3) is 5.91 Å². The standard InChI is InChI=1S/C16H12F3N3O2/c1-10-3-2-4-14-21-13(9-22(10)14)15(23)20-11-5-7-12(8-6-11)24-16(17,18)19/h2-9H,1H3,(H,20,23). The second kappa shape index (κ2) is 5.88. The lowest BCUT2D eigenvalue weighted by atomic mass is 10.3. The number of nitrogens with zero attached hydrogens (tertiary/aromatic N) is 2. The number of halogens is 3. The number of nitrogens with one attached hydrogen (secondary N) is 1. The summed E-state index contributed by atoms with van der Waals surface area (Å²) in [6, 6.07) is 10.4. The highest BCUT2D eigenvalue weighted by atomic mass is 19.4. The summed E-state index contributed by atoms with van der Waals surface area (Å²) in [4.78, 5) is 16.4. The van der Waals surface area contributed by atoms with Gasteiger partial charge in [-0.05, 0) is 43.3 Å². The molecule has 24 heavy (non-hydrogen) atoms. The van der Waals surface area contributed by atoms with E-state index in [2.05, 4.69) is 15.0 Å². The van der Waals surface area contributed by atoms with Gasteiger partial charge in [-0.1, -0.05) is 6.07 Å². The molecule has 0 aliphatic rings. The maximum Gasteiger partial charge on any atom is 0.573 e. The van der Waals surface area contributed by atoms with Gasteiger partial charge in [-0.2, -0.15) is 0 Å². The van der Waals surface area contributed by atoms with Crippen LogP contribution in [-0.2, 0) is 0 Å². The number of pyridine rings is 1. The molecule has 8 heteroatoms. The Labute approximate surface area is 134 Å². The quantitative estimate of drug-likeness (QED) is 0.792. The Bertz CT molecular complexity index is 886. The third-order valence-electron chi connectivity index (χ3n) is 3.27. The summed E-state index contributed by atoms with van der Waals surface area (Å²) in [5.41, 5.74) is 2.10. The number of amides is 1. The highest BCUT2D eigenvalue weighted by molar-refractivity contribution is 6.03. The van der Waals surface area contributed by atoms with Crippen LogP contribution in [0, 0.1) is 6.92 Å². The van der Waals surface area contributed by atoms with Crippen LogP contribution in [-0.4, -0.2) is 21.7 Å². The molecule has 1 amide bonds. The monoisotopic (exact) mass is 335 g/mol. The number of carbonyl (C=O) groups is 1. The summed E-state index contributed by atoms with van der Waals surface area (Å²) in [5.74, 6) is -0.813. The zero-order chi connectivity index (χ0) is 17.3. The van der Waals surface area contributed by atoms with Crippen LogP contribution in [0.3, 0.4) is 0 Å². The van der Waals surface area contributed by atoms with E-state index < -0.39 is 12.3 Å². The first kappa shape index (κ1) is 15.9. The highest BCUT2D eigenvalue weighted by Gasteiger charge is 2.30. The van der Waals surface area contributed by atoms with Crippen LogP contribution in [0.1, 0.15) is 16.2 Å². The lowest BCUT2D eigenvalue weighted by Gasteiger charge is -2.09. The summed E-state index contributed by atoms with van der Waals surface area (Å²) >= 11 is 0. The average molecular weight is 335 g/mol. The van der Waals surface area contributed by atoms with E-state index in [4.69, 9.17) is 0 Å². The van der Waals surface area contributed by atoms with E-state index >= 15 is 0 Å². The predicted octanol–water partition coefficient (Wildman–Crippen LogP) is 3.79. The van der Waals surface area contributed by atoms with Gasteiger partial charge in [0.2, 0.25) is 0 Å². The smallest absolute Gasteiger partial charge is 0.406 e. The second-order valence-corrected chi connectivity index (χ2v) is 5.05. The van der Waals surface area contributed by atoms with Crippen molar-refractivity contribution in [1.29, 1.82) is 0 Å². The molecule has 3 rings (SSSR count). The molecule has 2 heterocycles. The minimum absolute atomic E-state index is 0.208. The Hall–Kier alpha value is -3.03. The summed E-state index contributed by atoms with van der Waals surface area (Å²) < 4.78 is 41.9. The number of anilines is 1. The first-order valence-corrected chi connectivity index (χ1v) is 6.94. The Morgan fingerprint density at radius 3 is 2.50 bits per heavy atom. The summed E-state index contributed by atoms with van der Waals surface area (Å²) in [6.07, 6.45) is -3.15. The molecule has 0 saturated heterocycles. The molecule has 1 N–H and O–H groups in total. The van der Waals surface area contributed by atoms with Crippen molar-refractivity contribution < 1.29 is 22.7 Å². The van der Waals surface area contributed by atoms with Crippen molar-refractivity contribution in [3.8, 4) is 5.75 Å². The maximum atomic E-state index is 12.2. The number of imidazole rings is 1. The summed E-state index contributed by atoms with van der Waals surface area (Å²) in [7, 11) is 0. The van der Waals surface area contributed by atoms with Crippen molar-refractivity contribution in [3.63, 3.8) is 0 Å². The van der Waals surface area contributed by atoms with E-state index in [1.54, 1.807) is 16.7 Å². The van der Waals surface area contributed by atoms with Crippen molar-refractivity contribution in [2.45, 2.75) is 13.3 Å². The van der Waals surface area contributed by atoms with E-state index in [1.807, 2.05) is 19.1 Å². The van der Waals surface area contributed by atoms with Gasteiger partial charge in [0.1, 0.15) is 17.1 Å². The highest BCUT2D eigenvalue weighted by Crippen LogP contribution is 2.24. The Morgan fingerprint density at radius 2 is 1.88 bits per heavy atom. The first-order valence-electron chi connectivity index (χ1n) is 6.94. The molecule has 0 bridgehead atoms. The fraction of sp³-hybridized carbons (Fsp3) is 0.125. The number of aryl methyl sites for hydroxylation is 1. The number of alkyl halides is 3. The van der Waals surface area contributed by atoms with Crippen LogP contribution in [0.15, 0.2) is 48.7 Å². The zero-order valence-corrected chi connectivity index (χ0v) is 12.5. The van der Waals surface area contributed by atoms with Gasteiger partial charge in [-0.3, -0.25) is 4.79 Å². The Morgan fingerprint density at radius 1 is 1.17 bits per heavy atom. The fourth-order valence-electron chi connectivity index (χ4n) is 2.19. The molecule has 0 saturated carbocycles. The molecular formula is C16H12F3N3O2. The largest absolute Gasteiger partial charge is 0.573 e. The predicted molar refractivity (Wildman–Crippen MR) is 81.0 cm³/mol. The third-order valence-corrected chi connectivity index (χ3v) is 3.27.